The van der Waals surface area contributed by atoms with Gasteiger partial charge in [0.15, 0.2) is 0 Å². The number of anilines is 1. The quantitative estimate of drug-likeness (QED) is 0.374. The molecule has 0 unspecified atom stereocenters. The molecule has 1 rings (SSSR count). The van der Waals surface area contributed by atoms with E-state index in [1.54, 1.807) is 0 Å². The van der Waals surface area contributed by atoms with Crippen molar-refractivity contribution in [1.29, 1.82) is 0 Å². The summed E-state index contributed by atoms with van der Waals surface area (Å²) >= 11 is 0. The minimum absolute atomic E-state index is 0. The molecule has 0 atom stereocenters. The average Bonchev–Trinajstić information content (AvgIpc) is 2.01. The number of nitrogens with zero attached hydrogens (tertiary/aromatic N) is 1. The number of aromatic nitrogens is 1. The number of hydrogen-bond donors (Lipinski definition) is 1. The standard InChI is InChI=1S/C6H6BF4N2.K/c1-12-6-3-4(7(9,10)11)2-5(8)13-6;/h2-3H,1H3,(H,12,13);/q-1;+1. The Morgan fingerprint density at radius 1 is 1.29 bits per heavy atom. The number of nitrogens with one attached hydrogen (secondary N) is 1. The molecular formula is C6H6BF4KN2. The van der Waals surface area contributed by atoms with Gasteiger partial charge in [-0.2, -0.15) is 4.39 Å². The van der Waals surface area contributed by atoms with Crippen molar-refractivity contribution in [2.24, 2.45) is 0 Å². The van der Waals surface area contributed by atoms with Crippen LogP contribution in [-0.2, 0) is 0 Å². The van der Waals surface area contributed by atoms with Crippen LogP contribution in [0.15, 0.2) is 12.1 Å². The summed E-state index contributed by atoms with van der Waals surface area (Å²) in [5, 5.41) is 2.34. The molecule has 8 heteroatoms. The molecular weight excluding hydrogens is 226 g/mol. The Morgan fingerprint density at radius 3 is 2.29 bits per heavy atom. The van der Waals surface area contributed by atoms with E-state index >= 15 is 0 Å². The van der Waals surface area contributed by atoms with Crippen LogP contribution in [-0.4, -0.2) is 19.0 Å². The Kier molecular flexibility index (Phi) is 5.60. The largest absolute Gasteiger partial charge is 1.00 e. The van der Waals surface area contributed by atoms with Gasteiger partial charge in [-0.05, 0) is 12.1 Å². The third-order valence-electron chi connectivity index (χ3n) is 1.45. The van der Waals surface area contributed by atoms with Gasteiger partial charge in [0.1, 0.15) is 5.82 Å². The van der Waals surface area contributed by atoms with Gasteiger partial charge in [-0.15, -0.1) is 5.46 Å². The van der Waals surface area contributed by atoms with Crippen LogP contribution >= 0.6 is 0 Å². The molecule has 72 valence electrons. The summed E-state index contributed by atoms with van der Waals surface area (Å²) in [7, 11) is 1.37. The van der Waals surface area contributed by atoms with Crippen LogP contribution in [0.1, 0.15) is 0 Å². The monoisotopic (exact) mass is 232 g/mol. The summed E-state index contributed by atoms with van der Waals surface area (Å²) in [6.45, 7) is -5.17. The van der Waals surface area contributed by atoms with Crippen molar-refractivity contribution in [3.05, 3.63) is 18.1 Å². The van der Waals surface area contributed by atoms with Crippen LogP contribution in [0.5, 0.6) is 0 Å². The van der Waals surface area contributed by atoms with Gasteiger partial charge in [-0.25, -0.2) is 4.98 Å². The minimum atomic E-state index is -5.17. The first-order chi connectivity index (χ1) is 5.93. The fraction of sp³-hybridized carbons (Fsp3) is 0.167. The van der Waals surface area contributed by atoms with Crippen molar-refractivity contribution in [1.82, 2.24) is 4.98 Å². The smallest absolute Gasteiger partial charge is 0.445 e. The molecule has 0 aliphatic heterocycles. The number of rotatable bonds is 2. The fourth-order valence-corrected chi connectivity index (χ4v) is 0.834. The molecule has 1 aromatic rings. The van der Waals surface area contributed by atoms with Crippen molar-refractivity contribution in [3.63, 3.8) is 0 Å². The van der Waals surface area contributed by atoms with Gasteiger partial charge in [0.2, 0.25) is 5.95 Å². The summed E-state index contributed by atoms with van der Waals surface area (Å²) in [5.41, 5.74) is -0.989. The van der Waals surface area contributed by atoms with Crippen LogP contribution in [0.25, 0.3) is 0 Å². The normalized spacial score (nSPS) is 10.6. The molecule has 1 aromatic heterocycles. The Morgan fingerprint density at radius 2 is 1.86 bits per heavy atom. The first-order valence-corrected chi connectivity index (χ1v) is 3.48. The predicted octanol–water partition coefficient (Wildman–Crippen LogP) is -1.68. The SMILES string of the molecule is CNc1cc([B-](F)(F)F)cc(F)n1.[K+]. The van der Waals surface area contributed by atoms with Crippen LogP contribution in [0.2, 0.25) is 0 Å². The Hall–Kier alpha value is 0.371. The molecule has 0 bridgehead atoms. The van der Waals surface area contributed by atoms with Gasteiger partial charge in [-0.1, -0.05) is 0 Å². The zero-order chi connectivity index (χ0) is 10.1. The third-order valence-corrected chi connectivity index (χ3v) is 1.45. The summed E-state index contributed by atoms with van der Waals surface area (Å²) < 4.78 is 48.9. The predicted molar refractivity (Wildman–Crippen MR) is 42.5 cm³/mol. The third kappa shape index (κ3) is 3.85. The summed E-state index contributed by atoms with van der Waals surface area (Å²) in [5.74, 6) is -1.27. The summed E-state index contributed by atoms with van der Waals surface area (Å²) in [6, 6.07) is 1.14. The van der Waals surface area contributed by atoms with Gasteiger partial charge in [0.25, 0.3) is 0 Å². The van der Waals surface area contributed by atoms with Crippen molar-refractivity contribution in [2.75, 3.05) is 12.4 Å². The van der Waals surface area contributed by atoms with Crippen molar-refractivity contribution in [2.45, 2.75) is 0 Å². The van der Waals surface area contributed by atoms with Crippen LogP contribution in [0.3, 0.4) is 0 Å². The molecule has 0 aliphatic rings. The maximum Gasteiger partial charge on any atom is 1.00 e. The van der Waals surface area contributed by atoms with Crippen molar-refractivity contribution >= 4 is 18.3 Å². The van der Waals surface area contributed by atoms with E-state index in [9.17, 15) is 17.3 Å². The van der Waals surface area contributed by atoms with E-state index in [2.05, 4.69) is 10.3 Å². The Bertz CT molecular complexity index is 317. The fourth-order valence-electron chi connectivity index (χ4n) is 0.834. The van der Waals surface area contributed by atoms with E-state index in [1.807, 2.05) is 0 Å². The topological polar surface area (TPSA) is 24.9 Å². The molecule has 0 fully saturated rings. The summed E-state index contributed by atoms with van der Waals surface area (Å²) in [4.78, 5) is 3.20. The Labute approximate surface area is 121 Å². The zero-order valence-electron chi connectivity index (χ0n) is 7.69. The number of pyridine rings is 1. The maximum absolute atomic E-state index is 12.5. The van der Waals surface area contributed by atoms with E-state index in [0.717, 1.165) is 6.07 Å². The maximum atomic E-state index is 12.5. The molecule has 0 saturated heterocycles. The van der Waals surface area contributed by atoms with Crippen LogP contribution < -0.4 is 62.2 Å². The molecule has 0 saturated carbocycles. The second-order valence-corrected chi connectivity index (χ2v) is 2.43. The van der Waals surface area contributed by atoms with Crippen molar-refractivity contribution in [3.8, 4) is 0 Å². The van der Waals surface area contributed by atoms with Crippen molar-refractivity contribution < 1.29 is 68.7 Å². The first kappa shape index (κ1) is 14.4. The molecule has 1 heterocycles. The van der Waals surface area contributed by atoms with Gasteiger partial charge in [-0.3, -0.25) is 0 Å². The molecule has 0 amide bonds. The van der Waals surface area contributed by atoms with E-state index in [-0.39, 0.29) is 57.2 Å². The molecule has 14 heavy (non-hydrogen) atoms. The molecule has 0 radical (unpaired) electrons. The molecule has 0 aliphatic carbocycles. The van der Waals surface area contributed by atoms with E-state index in [0.29, 0.717) is 6.07 Å². The second kappa shape index (κ2) is 5.45. The van der Waals surface area contributed by atoms with Gasteiger partial charge in [0.05, 0.1) is 0 Å². The summed E-state index contributed by atoms with van der Waals surface area (Å²) in [6.07, 6.45) is 0. The Balaban J connectivity index is 0.00000169. The first-order valence-electron chi connectivity index (χ1n) is 3.48. The van der Waals surface area contributed by atoms with Crippen LogP contribution in [0, 0.1) is 5.95 Å². The van der Waals surface area contributed by atoms with Crippen LogP contribution in [0.4, 0.5) is 23.2 Å². The zero-order valence-corrected chi connectivity index (χ0v) is 10.8. The number of halogens is 4. The molecule has 0 spiro atoms. The van der Waals surface area contributed by atoms with Gasteiger partial charge >= 0.3 is 58.4 Å². The average molecular weight is 232 g/mol. The van der Waals surface area contributed by atoms with Gasteiger partial charge in [0, 0.05) is 7.05 Å². The number of hydrogen-bond acceptors (Lipinski definition) is 2. The van der Waals surface area contributed by atoms with Gasteiger partial charge < -0.3 is 18.3 Å². The minimum Gasteiger partial charge on any atom is -0.445 e. The molecule has 0 aromatic carbocycles. The van der Waals surface area contributed by atoms with E-state index in [4.69, 9.17) is 0 Å². The van der Waals surface area contributed by atoms with E-state index < -0.39 is 18.4 Å². The molecule has 2 nitrogen and oxygen atoms in total. The van der Waals surface area contributed by atoms with E-state index in [1.165, 1.54) is 7.05 Å². The molecule has 1 N–H and O–H groups in total. The second-order valence-electron chi connectivity index (χ2n) is 2.43.